The molecule has 6 nitrogen and oxygen atoms in total. The molecule has 1 aromatic carbocycles. The van der Waals surface area contributed by atoms with Crippen molar-refractivity contribution in [2.24, 2.45) is 5.92 Å². The fourth-order valence-electron chi connectivity index (χ4n) is 3.62. The number of aliphatic hydroxyl groups is 1. The fourth-order valence-corrected chi connectivity index (χ4v) is 3.62. The predicted octanol–water partition coefficient (Wildman–Crippen LogP) is 2.53. The van der Waals surface area contributed by atoms with E-state index < -0.39 is 0 Å². The molecule has 0 amide bonds. The maximum Gasteiger partial charge on any atom is 0.292 e. The van der Waals surface area contributed by atoms with Gasteiger partial charge in [-0.05, 0) is 37.7 Å². The minimum Gasteiger partial charge on any atom is -0.396 e. The van der Waals surface area contributed by atoms with Gasteiger partial charge in [0.1, 0.15) is 5.69 Å². The van der Waals surface area contributed by atoms with Gasteiger partial charge in [0.05, 0.1) is 4.92 Å². The number of hydrogen-bond acceptors (Lipinski definition) is 5. The van der Waals surface area contributed by atoms with Crippen LogP contribution in [0.2, 0.25) is 0 Å². The molecule has 2 aliphatic rings. The molecule has 3 rings (SSSR count). The Bertz CT molecular complexity index is 547. The second-order valence-electron chi connectivity index (χ2n) is 5.87. The second-order valence-corrected chi connectivity index (χ2v) is 5.87. The van der Waals surface area contributed by atoms with Crippen LogP contribution >= 0.6 is 0 Å². The number of anilines is 2. The van der Waals surface area contributed by atoms with Crippen LogP contribution in [0.4, 0.5) is 17.1 Å². The number of benzene rings is 1. The third-order valence-corrected chi connectivity index (χ3v) is 4.67. The molecule has 0 bridgehead atoms. The van der Waals surface area contributed by atoms with Crippen LogP contribution in [-0.4, -0.2) is 29.2 Å². The Morgan fingerprint density at radius 3 is 3.05 bits per heavy atom. The van der Waals surface area contributed by atoms with Crippen molar-refractivity contribution in [1.82, 2.24) is 0 Å². The van der Waals surface area contributed by atoms with E-state index in [0.717, 1.165) is 49.9 Å². The highest BCUT2D eigenvalue weighted by atomic mass is 16.6. The van der Waals surface area contributed by atoms with E-state index in [-0.39, 0.29) is 23.3 Å². The predicted molar refractivity (Wildman–Crippen MR) is 81.7 cm³/mol. The zero-order chi connectivity index (χ0) is 14.8. The maximum atomic E-state index is 11.3. The quantitative estimate of drug-likeness (QED) is 0.573. The number of nitro groups is 1. The van der Waals surface area contributed by atoms with Crippen molar-refractivity contribution >= 4 is 17.1 Å². The summed E-state index contributed by atoms with van der Waals surface area (Å²) in [5.41, 5.74) is 2.86. The van der Waals surface area contributed by atoms with Gasteiger partial charge in [0.25, 0.3) is 5.69 Å². The third-order valence-electron chi connectivity index (χ3n) is 4.67. The molecule has 1 fully saturated rings. The molecule has 1 aromatic rings. The standard InChI is InChI=1S/C15H21N3O3/c19-9-7-10-2-1-3-12(10)17-15-11-6-8-16-13(11)4-5-14(15)18(20)21/h4-5,10,12,16-17,19H,1-3,6-9H2/t10-,12+/m0/s1. The largest absolute Gasteiger partial charge is 0.396 e. The summed E-state index contributed by atoms with van der Waals surface area (Å²) in [5.74, 6) is 0.403. The van der Waals surface area contributed by atoms with Crippen molar-refractivity contribution < 1.29 is 10.0 Å². The summed E-state index contributed by atoms with van der Waals surface area (Å²) in [4.78, 5) is 11.0. The molecule has 0 saturated heterocycles. The van der Waals surface area contributed by atoms with Gasteiger partial charge < -0.3 is 15.7 Å². The first-order valence-corrected chi connectivity index (χ1v) is 7.62. The molecule has 3 N–H and O–H groups in total. The van der Waals surface area contributed by atoms with Gasteiger partial charge in [-0.25, -0.2) is 0 Å². The average Bonchev–Trinajstić information content (AvgIpc) is 3.08. The van der Waals surface area contributed by atoms with Crippen LogP contribution in [0.25, 0.3) is 0 Å². The molecule has 2 atom stereocenters. The molecule has 1 heterocycles. The first-order chi connectivity index (χ1) is 10.2. The molecule has 0 unspecified atom stereocenters. The summed E-state index contributed by atoms with van der Waals surface area (Å²) in [6, 6.07) is 3.60. The van der Waals surface area contributed by atoms with E-state index in [1.165, 1.54) is 0 Å². The van der Waals surface area contributed by atoms with E-state index in [9.17, 15) is 10.1 Å². The zero-order valence-corrected chi connectivity index (χ0v) is 12.0. The fraction of sp³-hybridized carbons (Fsp3) is 0.600. The highest BCUT2D eigenvalue weighted by Crippen LogP contribution is 2.40. The number of hydrogen-bond donors (Lipinski definition) is 3. The number of nitro benzene ring substituents is 1. The Morgan fingerprint density at radius 1 is 1.43 bits per heavy atom. The van der Waals surface area contributed by atoms with Gasteiger partial charge in [-0.3, -0.25) is 10.1 Å². The minimum absolute atomic E-state index is 0.159. The lowest BCUT2D eigenvalue weighted by molar-refractivity contribution is -0.384. The Hall–Kier alpha value is -1.82. The smallest absolute Gasteiger partial charge is 0.292 e. The van der Waals surface area contributed by atoms with Crippen molar-refractivity contribution in [2.75, 3.05) is 23.8 Å². The summed E-state index contributed by atoms with van der Waals surface area (Å²) < 4.78 is 0. The Labute approximate surface area is 123 Å². The normalized spacial score (nSPS) is 23.7. The van der Waals surface area contributed by atoms with Crippen molar-refractivity contribution in [3.63, 3.8) is 0 Å². The van der Waals surface area contributed by atoms with Gasteiger partial charge in [-0.1, -0.05) is 6.42 Å². The zero-order valence-electron chi connectivity index (χ0n) is 12.0. The highest BCUT2D eigenvalue weighted by molar-refractivity contribution is 5.77. The van der Waals surface area contributed by atoms with Crippen LogP contribution in [0.1, 0.15) is 31.2 Å². The van der Waals surface area contributed by atoms with Gasteiger partial charge in [0.15, 0.2) is 0 Å². The molecule has 0 radical (unpaired) electrons. The molecule has 114 valence electrons. The van der Waals surface area contributed by atoms with E-state index in [4.69, 9.17) is 5.11 Å². The summed E-state index contributed by atoms with van der Waals surface area (Å²) in [6.45, 7) is 1.01. The SMILES string of the molecule is O=[N+]([O-])c1ccc2c(c1N[C@@H]1CCC[C@H]1CCO)CCN2. The first kappa shape index (κ1) is 14.1. The Morgan fingerprint density at radius 2 is 2.29 bits per heavy atom. The van der Waals surface area contributed by atoms with Crippen molar-refractivity contribution in [1.29, 1.82) is 0 Å². The summed E-state index contributed by atoms with van der Waals surface area (Å²) >= 11 is 0. The molecule has 6 heteroatoms. The summed E-state index contributed by atoms with van der Waals surface area (Å²) in [7, 11) is 0. The highest BCUT2D eigenvalue weighted by Gasteiger charge is 2.31. The lowest BCUT2D eigenvalue weighted by Crippen LogP contribution is -2.25. The molecule has 1 saturated carbocycles. The lowest BCUT2D eigenvalue weighted by atomic mass is 9.98. The van der Waals surface area contributed by atoms with Gasteiger partial charge in [0.2, 0.25) is 0 Å². The minimum atomic E-state index is -0.309. The van der Waals surface area contributed by atoms with Crippen LogP contribution in [-0.2, 0) is 6.42 Å². The van der Waals surface area contributed by atoms with Crippen molar-refractivity contribution in [3.05, 3.63) is 27.8 Å². The molecule has 21 heavy (non-hydrogen) atoms. The monoisotopic (exact) mass is 291 g/mol. The first-order valence-electron chi connectivity index (χ1n) is 7.62. The van der Waals surface area contributed by atoms with Crippen LogP contribution in [0.15, 0.2) is 12.1 Å². The lowest BCUT2D eigenvalue weighted by Gasteiger charge is -2.22. The molecule has 0 spiro atoms. The van der Waals surface area contributed by atoms with E-state index in [0.29, 0.717) is 11.6 Å². The van der Waals surface area contributed by atoms with E-state index in [2.05, 4.69) is 10.6 Å². The second kappa shape index (κ2) is 5.89. The number of rotatable bonds is 5. The van der Waals surface area contributed by atoms with E-state index in [1.54, 1.807) is 12.1 Å². The van der Waals surface area contributed by atoms with Crippen LogP contribution in [0, 0.1) is 16.0 Å². The van der Waals surface area contributed by atoms with Gasteiger partial charge in [0, 0.05) is 36.5 Å². The molecule has 0 aromatic heterocycles. The van der Waals surface area contributed by atoms with Crippen molar-refractivity contribution in [3.8, 4) is 0 Å². The molecule has 1 aliphatic heterocycles. The van der Waals surface area contributed by atoms with E-state index in [1.807, 2.05) is 0 Å². The number of nitrogens with zero attached hydrogens (tertiary/aromatic N) is 1. The van der Waals surface area contributed by atoms with Crippen LogP contribution < -0.4 is 10.6 Å². The number of fused-ring (bicyclic) bond motifs is 1. The third kappa shape index (κ3) is 2.68. The molecule has 1 aliphatic carbocycles. The van der Waals surface area contributed by atoms with Crippen LogP contribution in [0.3, 0.4) is 0 Å². The Balaban J connectivity index is 1.90. The van der Waals surface area contributed by atoms with Gasteiger partial charge in [-0.15, -0.1) is 0 Å². The van der Waals surface area contributed by atoms with Crippen LogP contribution in [0.5, 0.6) is 0 Å². The molecular weight excluding hydrogens is 270 g/mol. The molecular formula is C15H21N3O3. The summed E-state index contributed by atoms with van der Waals surface area (Å²) in [6.07, 6.45) is 4.79. The van der Waals surface area contributed by atoms with Gasteiger partial charge in [-0.2, -0.15) is 0 Å². The average molecular weight is 291 g/mol. The maximum absolute atomic E-state index is 11.3. The van der Waals surface area contributed by atoms with E-state index >= 15 is 0 Å². The summed E-state index contributed by atoms with van der Waals surface area (Å²) in [5, 5.41) is 27.2. The van der Waals surface area contributed by atoms with Crippen molar-refractivity contribution in [2.45, 2.75) is 38.1 Å². The number of aliphatic hydroxyl groups excluding tert-OH is 1. The number of nitrogens with one attached hydrogen (secondary N) is 2. The topological polar surface area (TPSA) is 87.4 Å². The van der Waals surface area contributed by atoms with Gasteiger partial charge >= 0.3 is 0 Å². The Kier molecular flexibility index (Phi) is 3.96.